The number of esters is 8. The van der Waals surface area contributed by atoms with E-state index in [4.69, 9.17) is 37.9 Å². The van der Waals surface area contributed by atoms with Crippen LogP contribution in [0.25, 0.3) is 0 Å². The van der Waals surface area contributed by atoms with E-state index in [-0.39, 0.29) is 74.7 Å². The summed E-state index contributed by atoms with van der Waals surface area (Å²) in [6.45, 7) is 9.97. The normalized spacial score (nSPS) is 15.6. The third-order valence-corrected chi connectivity index (χ3v) is 8.54. The van der Waals surface area contributed by atoms with E-state index in [1.165, 1.54) is 48.5 Å². The molecule has 0 aliphatic heterocycles. The molecule has 1 fully saturated rings. The molecule has 3 rings (SSSR count). The Labute approximate surface area is 335 Å². The molecular weight excluding hydrogens is 760 g/mol. The fourth-order valence-corrected chi connectivity index (χ4v) is 5.34. The number of carbonyl (C=O) groups excluding carboxylic acids is 8. The first-order chi connectivity index (χ1) is 27.7. The topological polar surface area (TPSA) is 210 Å². The maximum atomic E-state index is 12.8. The lowest BCUT2D eigenvalue weighted by molar-refractivity contribution is -0.152. The minimum atomic E-state index is -0.661. The van der Waals surface area contributed by atoms with Gasteiger partial charge in [-0.2, -0.15) is 0 Å². The second-order valence-corrected chi connectivity index (χ2v) is 13.2. The van der Waals surface area contributed by atoms with Crippen LogP contribution in [0.1, 0.15) is 78.1 Å². The Hall–Kier alpha value is -6.32. The predicted molar refractivity (Wildman–Crippen MR) is 202 cm³/mol. The molecule has 1 aliphatic rings. The molecular formula is C42H48O16. The van der Waals surface area contributed by atoms with Gasteiger partial charge in [0.2, 0.25) is 0 Å². The average molecular weight is 809 g/mol. The first-order valence-corrected chi connectivity index (χ1v) is 18.8. The summed E-state index contributed by atoms with van der Waals surface area (Å²) in [5.74, 6) is -4.59. The van der Waals surface area contributed by atoms with Crippen molar-refractivity contribution in [3.05, 3.63) is 73.8 Å². The minimum Gasteiger partial charge on any atom is -0.463 e. The SMILES string of the molecule is C=CC(=O)OCCC(C)OC(=O)CCC(=O)Oc1ccc(OC(=O)C2CCC(C(=O)Oc3ccc(OC(=O)CCC(=O)OC(C)CCOC(=O)C=C)cc3)CC2)cc1. The summed E-state index contributed by atoms with van der Waals surface area (Å²) < 4.78 is 41.6. The molecule has 2 unspecified atom stereocenters. The largest absolute Gasteiger partial charge is 0.463 e. The molecule has 0 saturated heterocycles. The Kier molecular flexibility index (Phi) is 19.3. The Bertz CT molecular complexity index is 1630. The number of hydrogen-bond acceptors (Lipinski definition) is 16. The molecule has 312 valence electrons. The van der Waals surface area contributed by atoms with Gasteiger partial charge in [0.15, 0.2) is 0 Å². The van der Waals surface area contributed by atoms with Gasteiger partial charge in [-0.1, -0.05) is 13.2 Å². The van der Waals surface area contributed by atoms with Crippen molar-refractivity contribution in [2.75, 3.05) is 13.2 Å². The van der Waals surface area contributed by atoms with Crippen LogP contribution in [-0.4, -0.2) is 73.2 Å². The van der Waals surface area contributed by atoms with Gasteiger partial charge < -0.3 is 37.9 Å². The van der Waals surface area contributed by atoms with Crippen molar-refractivity contribution >= 4 is 47.8 Å². The highest BCUT2D eigenvalue weighted by Gasteiger charge is 2.32. The number of benzene rings is 2. The molecule has 0 heterocycles. The monoisotopic (exact) mass is 808 g/mol. The van der Waals surface area contributed by atoms with E-state index in [1.54, 1.807) is 13.8 Å². The molecule has 16 nitrogen and oxygen atoms in total. The van der Waals surface area contributed by atoms with Crippen LogP contribution in [0.5, 0.6) is 23.0 Å². The second-order valence-electron chi connectivity index (χ2n) is 13.2. The van der Waals surface area contributed by atoms with Gasteiger partial charge in [0, 0.05) is 25.0 Å². The van der Waals surface area contributed by atoms with Crippen LogP contribution in [0.3, 0.4) is 0 Å². The third-order valence-electron chi connectivity index (χ3n) is 8.54. The Balaban J connectivity index is 1.31. The first kappa shape index (κ1) is 46.1. The van der Waals surface area contributed by atoms with Crippen LogP contribution in [0, 0.1) is 11.8 Å². The molecule has 0 spiro atoms. The van der Waals surface area contributed by atoms with E-state index < -0.39 is 71.8 Å². The lowest BCUT2D eigenvalue weighted by Crippen LogP contribution is -2.30. The predicted octanol–water partition coefficient (Wildman–Crippen LogP) is 5.48. The maximum absolute atomic E-state index is 12.8. The Morgan fingerprint density at radius 3 is 1.12 bits per heavy atom. The van der Waals surface area contributed by atoms with E-state index in [2.05, 4.69) is 13.2 Å². The van der Waals surface area contributed by atoms with Crippen LogP contribution in [0.2, 0.25) is 0 Å². The van der Waals surface area contributed by atoms with Crippen molar-refractivity contribution in [1.82, 2.24) is 0 Å². The molecule has 0 bridgehead atoms. The highest BCUT2D eigenvalue weighted by molar-refractivity contribution is 5.82. The van der Waals surface area contributed by atoms with Crippen LogP contribution in [0.4, 0.5) is 0 Å². The van der Waals surface area contributed by atoms with E-state index in [1.807, 2.05) is 0 Å². The molecule has 2 aromatic rings. The third kappa shape index (κ3) is 17.6. The van der Waals surface area contributed by atoms with Crippen molar-refractivity contribution in [2.24, 2.45) is 11.8 Å². The van der Waals surface area contributed by atoms with Gasteiger partial charge in [0.1, 0.15) is 35.2 Å². The number of carbonyl (C=O) groups is 8. The summed E-state index contributed by atoms with van der Waals surface area (Å²) in [6, 6.07) is 11.7. The highest BCUT2D eigenvalue weighted by atomic mass is 16.6. The average Bonchev–Trinajstić information content (AvgIpc) is 3.20. The molecule has 0 aromatic heterocycles. The molecule has 0 radical (unpaired) electrons. The van der Waals surface area contributed by atoms with Gasteiger partial charge in [-0.15, -0.1) is 0 Å². The molecule has 0 N–H and O–H groups in total. The van der Waals surface area contributed by atoms with Crippen LogP contribution < -0.4 is 18.9 Å². The van der Waals surface area contributed by atoms with E-state index in [9.17, 15) is 38.4 Å². The van der Waals surface area contributed by atoms with E-state index in [0.717, 1.165) is 12.2 Å². The molecule has 1 aliphatic carbocycles. The number of hydrogen-bond donors (Lipinski definition) is 0. The van der Waals surface area contributed by atoms with Crippen molar-refractivity contribution in [3.8, 4) is 23.0 Å². The summed E-state index contributed by atoms with van der Waals surface area (Å²) >= 11 is 0. The fraction of sp³-hybridized carbons (Fsp3) is 0.429. The van der Waals surface area contributed by atoms with Gasteiger partial charge in [0.05, 0.1) is 50.7 Å². The summed E-state index contributed by atoms with van der Waals surface area (Å²) in [4.78, 5) is 96.3. The zero-order valence-electron chi connectivity index (χ0n) is 32.5. The van der Waals surface area contributed by atoms with Gasteiger partial charge in [-0.25, -0.2) is 9.59 Å². The molecule has 2 atom stereocenters. The van der Waals surface area contributed by atoms with Gasteiger partial charge in [-0.3, -0.25) is 28.8 Å². The zero-order valence-corrected chi connectivity index (χ0v) is 32.5. The van der Waals surface area contributed by atoms with E-state index in [0.29, 0.717) is 25.7 Å². The Morgan fingerprint density at radius 1 is 0.517 bits per heavy atom. The zero-order chi connectivity index (χ0) is 42.5. The van der Waals surface area contributed by atoms with Crippen LogP contribution in [-0.2, 0) is 57.3 Å². The van der Waals surface area contributed by atoms with Gasteiger partial charge >= 0.3 is 47.8 Å². The van der Waals surface area contributed by atoms with Crippen LogP contribution >= 0.6 is 0 Å². The molecule has 58 heavy (non-hydrogen) atoms. The number of ether oxygens (including phenoxy) is 8. The lowest BCUT2D eigenvalue weighted by atomic mass is 9.82. The summed E-state index contributed by atoms with van der Waals surface area (Å²) in [5.41, 5.74) is 0. The molecule has 2 aromatic carbocycles. The Morgan fingerprint density at radius 2 is 0.810 bits per heavy atom. The first-order valence-electron chi connectivity index (χ1n) is 18.8. The number of rotatable bonds is 22. The maximum Gasteiger partial charge on any atom is 0.330 e. The molecule has 1 saturated carbocycles. The minimum absolute atomic E-state index is 0.0576. The van der Waals surface area contributed by atoms with Crippen LogP contribution in [0.15, 0.2) is 73.8 Å². The molecule has 16 heteroatoms. The second kappa shape index (κ2) is 24.3. The quantitative estimate of drug-likeness (QED) is 0.0624. The highest BCUT2D eigenvalue weighted by Crippen LogP contribution is 2.32. The van der Waals surface area contributed by atoms with Crippen molar-refractivity contribution in [2.45, 2.75) is 90.3 Å². The van der Waals surface area contributed by atoms with Crippen molar-refractivity contribution < 1.29 is 76.3 Å². The van der Waals surface area contributed by atoms with Crippen molar-refractivity contribution in [3.63, 3.8) is 0 Å². The van der Waals surface area contributed by atoms with E-state index >= 15 is 0 Å². The van der Waals surface area contributed by atoms with Gasteiger partial charge in [-0.05, 0) is 88.1 Å². The van der Waals surface area contributed by atoms with Crippen molar-refractivity contribution in [1.29, 1.82) is 0 Å². The standard InChI is InChI=1S/C42H48O16/c1-5-35(43)51-25-23-27(3)53-37(45)19-21-39(47)55-31-11-15-33(16-12-31)57-41(49)29-7-9-30(10-8-29)42(50)58-34-17-13-32(14-18-34)56-40(48)22-20-38(46)54-28(4)24-26-52-36(44)6-2/h5-6,11-18,27-30H,1-2,7-10,19-26H2,3-4H3. The summed E-state index contributed by atoms with van der Waals surface area (Å²) in [7, 11) is 0. The fourth-order valence-electron chi connectivity index (χ4n) is 5.34. The smallest absolute Gasteiger partial charge is 0.330 e. The summed E-state index contributed by atoms with van der Waals surface area (Å²) in [5, 5.41) is 0. The van der Waals surface area contributed by atoms with Gasteiger partial charge in [0.25, 0.3) is 0 Å². The lowest BCUT2D eigenvalue weighted by Gasteiger charge is -2.25. The molecule has 0 amide bonds. The summed E-state index contributed by atoms with van der Waals surface area (Å²) in [6.07, 6.45) is 2.38.